The molecule has 1 aliphatic carbocycles. The average Bonchev–Trinajstić information content (AvgIpc) is 3.37. The number of hydrogen-bond acceptors (Lipinski definition) is 7. The lowest BCUT2D eigenvalue weighted by molar-refractivity contribution is 0.388. The highest BCUT2D eigenvalue weighted by Gasteiger charge is 2.20. The van der Waals surface area contributed by atoms with Crippen molar-refractivity contribution in [2.45, 2.75) is 18.9 Å². The van der Waals surface area contributed by atoms with E-state index in [1.165, 1.54) is 13.2 Å². The summed E-state index contributed by atoms with van der Waals surface area (Å²) in [7, 11) is 1.39. The lowest BCUT2D eigenvalue weighted by Crippen LogP contribution is -2.20. The Morgan fingerprint density at radius 2 is 2.23 bits per heavy atom. The van der Waals surface area contributed by atoms with Crippen LogP contribution in [0.5, 0.6) is 11.6 Å². The molecule has 3 heterocycles. The zero-order chi connectivity index (χ0) is 21.5. The second kappa shape index (κ2) is 7.27. The minimum absolute atomic E-state index is 0.0694. The van der Waals surface area contributed by atoms with Crippen LogP contribution in [0.3, 0.4) is 0 Å². The second-order valence-electron chi connectivity index (χ2n) is 7.13. The number of aromatic nitrogens is 5. The summed E-state index contributed by atoms with van der Waals surface area (Å²) in [4.78, 5) is 25.5. The highest BCUT2D eigenvalue weighted by atomic mass is 19.1. The maximum atomic E-state index is 14.1. The van der Waals surface area contributed by atoms with Crippen LogP contribution >= 0.6 is 0 Å². The zero-order valence-electron chi connectivity index (χ0n) is 16.4. The molecule has 0 aliphatic heterocycles. The van der Waals surface area contributed by atoms with E-state index in [1.807, 2.05) is 0 Å². The van der Waals surface area contributed by atoms with Crippen LogP contribution in [0.25, 0.3) is 11.7 Å². The molecule has 10 nitrogen and oxygen atoms in total. The van der Waals surface area contributed by atoms with Gasteiger partial charge in [0.2, 0.25) is 5.88 Å². The quantitative estimate of drug-likeness (QED) is 0.378. The number of nitrogens with zero attached hydrogens (tertiary/aromatic N) is 4. The molecule has 158 valence electrons. The Morgan fingerprint density at radius 1 is 1.39 bits per heavy atom. The van der Waals surface area contributed by atoms with E-state index >= 15 is 0 Å². The van der Waals surface area contributed by atoms with Crippen molar-refractivity contribution in [1.29, 1.82) is 0 Å². The first-order valence-electron chi connectivity index (χ1n) is 9.57. The number of H-pyrrole nitrogens is 2. The van der Waals surface area contributed by atoms with E-state index in [1.54, 1.807) is 35.0 Å². The third-order valence-corrected chi connectivity index (χ3v) is 4.81. The molecule has 0 unspecified atom stereocenters. The lowest BCUT2D eigenvalue weighted by Gasteiger charge is -2.11. The molecule has 1 aromatic carbocycles. The number of halogens is 1. The number of rotatable bonds is 5. The summed E-state index contributed by atoms with van der Waals surface area (Å²) in [5.74, 6) is -0.301. The van der Waals surface area contributed by atoms with Gasteiger partial charge in [0.1, 0.15) is 11.5 Å². The third kappa shape index (κ3) is 3.61. The molecule has 5 rings (SSSR count). The van der Waals surface area contributed by atoms with Crippen molar-refractivity contribution in [3.63, 3.8) is 0 Å². The Bertz CT molecular complexity index is 1470. The van der Waals surface area contributed by atoms with Crippen LogP contribution in [0.15, 0.2) is 40.2 Å². The van der Waals surface area contributed by atoms with E-state index in [4.69, 9.17) is 9.73 Å². The molecule has 11 heteroatoms. The molecular formula is C20H18FN7O3. The number of para-hydroxylation sites is 1. The Labute approximate surface area is 173 Å². The van der Waals surface area contributed by atoms with Gasteiger partial charge in [0, 0.05) is 11.3 Å². The number of hydrogen-bond donors (Lipinski definition) is 4. The van der Waals surface area contributed by atoms with Gasteiger partial charge in [0.25, 0.3) is 0 Å². The van der Waals surface area contributed by atoms with Crippen LogP contribution in [0.4, 0.5) is 15.9 Å². The molecule has 0 spiro atoms. The fourth-order valence-corrected chi connectivity index (χ4v) is 3.21. The molecule has 0 amide bonds. The Morgan fingerprint density at radius 3 is 2.94 bits per heavy atom. The van der Waals surface area contributed by atoms with Gasteiger partial charge in [-0.3, -0.25) is 9.98 Å². The first kappa shape index (κ1) is 18.9. The van der Waals surface area contributed by atoms with Crippen LogP contribution in [-0.4, -0.2) is 42.8 Å². The number of imidazole rings is 1. The van der Waals surface area contributed by atoms with E-state index in [0.717, 1.165) is 12.8 Å². The van der Waals surface area contributed by atoms with Gasteiger partial charge in [-0.2, -0.15) is 9.61 Å². The van der Waals surface area contributed by atoms with Crippen molar-refractivity contribution in [2.75, 3.05) is 12.4 Å². The van der Waals surface area contributed by atoms with Gasteiger partial charge in [0.15, 0.2) is 22.7 Å². The summed E-state index contributed by atoms with van der Waals surface area (Å²) in [5, 5.41) is 17.9. The number of ether oxygens (including phenoxy) is 1. The van der Waals surface area contributed by atoms with E-state index in [2.05, 4.69) is 25.4 Å². The van der Waals surface area contributed by atoms with E-state index in [9.17, 15) is 14.3 Å². The molecule has 1 saturated carbocycles. The summed E-state index contributed by atoms with van der Waals surface area (Å²) in [6.45, 7) is 0. The predicted octanol–water partition coefficient (Wildman–Crippen LogP) is 0.953. The summed E-state index contributed by atoms with van der Waals surface area (Å²) in [5.41, 5.74) is 1.11. The maximum Gasteiger partial charge on any atom is 0.326 e. The van der Waals surface area contributed by atoms with Crippen molar-refractivity contribution in [3.05, 3.63) is 63.2 Å². The molecule has 31 heavy (non-hydrogen) atoms. The zero-order valence-corrected chi connectivity index (χ0v) is 16.4. The van der Waals surface area contributed by atoms with Gasteiger partial charge in [-0.05, 0) is 31.1 Å². The van der Waals surface area contributed by atoms with Crippen LogP contribution in [0, 0.1) is 5.82 Å². The standard InChI is InChI=1S/C20H18FN7O3/c1-31-17-12(21)3-2-4-13(17)24-15-8-16(23-11-5-6-11)28-18(26-15)10(9-22-28)7-14-19(29)27-20(30)25-14/h2-4,7-9,11,24,29H,5-6H2,1H3,(H2,25,27,30)/b10-7-,23-16?. The number of methoxy groups -OCH3 is 1. The molecule has 4 aromatic rings. The van der Waals surface area contributed by atoms with E-state index < -0.39 is 11.5 Å². The minimum Gasteiger partial charge on any atom is -0.493 e. The molecule has 4 N–H and O–H groups in total. The Hall–Kier alpha value is -4.15. The average molecular weight is 423 g/mol. The SMILES string of the molecule is COc1c(F)cccc1Nc1cc(=NC2CC2)n2nc/c(=C/c3[nH]c(=O)[nH]c3O)c2n1. The topological polar surface area (TPSA) is 133 Å². The van der Waals surface area contributed by atoms with Gasteiger partial charge in [-0.25, -0.2) is 14.2 Å². The first-order valence-corrected chi connectivity index (χ1v) is 9.57. The third-order valence-electron chi connectivity index (χ3n) is 4.81. The Balaban J connectivity index is 1.69. The summed E-state index contributed by atoms with van der Waals surface area (Å²) >= 11 is 0. The minimum atomic E-state index is -0.529. The molecular weight excluding hydrogens is 405 g/mol. The molecule has 1 aliphatic rings. The fourth-order valence-electron chi connectivity index (χ4n) is 3.21. The van der Waals surface area contributed by atoms with Crippen molar-refractivity contribution < 1.29 is 14.2 Å². The molecule has 0 saturated heterocycles. The number of nitrogens with one attached hydrogen (secondary N) is 3. The maximum absolute atomic E-state index is 14.1. The van der Waals surface area contributed by atoms with Crippen molar-refractivity contribution in [3.8, 4) is 11.6 Å². The van der Waals surface area contributed by atoms with Crippen LogP contribution in [-0.2, 0) is 0 Å². The Kier molecular flexibility index (Phi) is 4.42. The largest absolute Gasteiger partial charge is 0.493 e. The predicted molar refractivity (Wildman–Crippen MR) is 110 cm³/mol. The molecule has 3 aromatic heterocycles. The summed E-state index contributed by atoms with van der Waals surface area (Å²) in [6.07, 6.45) is 5.12. The highest BCUT2D eigenvalue weighted by Crippen LogP contribution is 2.29. The number of anilines is 2. The molecule has 0 atom stereocenters. The number of fused-ring (bicyclic) bond motifs is 1. The summed E-state index contributed by atoms with van der Waals surface area (Å²) in [6, 6.07) is 6.50. The smallest absolute Gasteiger partial charge is 0.326 e. The second-order valence-corrected chi connectivity index (χ2v) is 7.13. The number of benzene rings is 1. The molecule has 1 fully saturated rings. The van der Waals surface area contributed by atoms with Gasteiger partial charge < -0.3 is 20.1 Å². The van der Waals surface area contributed by atoms with Gasteiger partial charge in [-0.1, -0.05) is 6.07 Å². The van der Waals surface area contributed by atoms with Crippen molar-refractivity contribution in [1.82, 2.24) is 24.6 Å². The highest BCUT2D eigenvalue weighted by molar-refractivity contribution is 5.66. The van der Waals surface area contributed by atoms with E-state index in [0.29, 0.717) is 27.9 Å². The first-order chi connectivity index (χ1) is 15.0. The molecule has 0 bridgehead atoms. The molecule has 0 radical (unpaired) electrons. The van der Waals surface area contributed by atoms with Gasteiger partial charge in [-0.15, -0.1) is 0 Å². The monoisotopic (exact) mass is 423 g/mol. The van der Waals surface area contributed by atoms with Crippen LogP contribution in [0.2, 0.25) is 0 Å². The fraction of sp³-hybridized carbons (Fsp3) is 0.200. The van der Waals surface area contributed by atoms with Crippen molar-refractivity contribution in [2.24, 2.45) is 4.99 Å². The number of aromatic amines is 2. The van der Waals surface area contributed by atoms with E-state index in [-0.39, 0.29) is 23.4 Å². The van der Waals surface area contributed by atoms with Crippen LogP contribution < -0.4 is 26.4 Å². The van der Waals surface area contributed by atoms with Crippen LogP contribution in [0.1, 0.15) is 18.5 Å². The van der Waals surface area contributed by atoms with Gasteiger partial charge in [0.05, 0.1) is 25.0 Å². The van der Waals surface area contributed by atoms with Gasteiger partial charge >= 0.3 is 5.69 Å². The summed E-state index contributed by atoms with van der Waals surface area (Å²) < 4.78 is 20.8. The lowest BCUT2D eigenvalue weighted by atomic mass is 10.2. The normalized spacial score (nSPS) is 15.0. The van der Waals surface area contributed by atoms with Crippen molar-refractivity contribution >= 4 is 23.2 Å². The number of aromatic hydroxyl groups is 1.